The Hall–Kier alpha value is -2.38. The van der Waals surface area contributed by atoms with Crippen LogP contribution < -0.4 is 15.8 Å². The molecule has 3 rings (SSSR count). The molecule has 1 amide bonds. The maximum Gasteiger partial charge on any atom is 0.276 e. The Kier molecular flexibility index (Phi) is 6.70. The molecule has 0 unspecified atom stereocenters. The molecule has 7 nitrogen and oxygen atoms in total. The van der Waals surface area contributed by atoms with Gasteiger partial charge in [-0.25, -0.2) is 4.68 Å². The fraction of sp³-hybridized carbons (Fsp3) is 0.450. The summed E-state index contributed by atoms with van der Waals surface area (Å²) in [6.45, 7) is 6.21. The minimum Gasteiger partial charge on any atom is -0.367 e. The number of nitrogens with zero attached hydrogens (tertiary/aromatic N) is 4. The van der Waals surface area contributed by atoms with E-state index >= 15 is 0 Å². The molecule has 1 N–H and O–H groups in total. The van der Waals surface area contributed by atoms with E-state index in [4.69, 9.17) is 11.6 Å². The van der Waals surface area contributed by atoms with Gasteiger partial charge in [-0.05, 0) is 37.7 Å². The lowest BCUT2D eigenvalue weighted by Crippen LogP contribution is -2.44. The second kappa shape index (κ2) is 9.21. The Morgan fingerprint density at radius 3 is 2.64 bits per heavy atom. The van der Waals surface area contributed by atoms with E-state index in [0.717, 1.165) is 44.7 Å². The van der Waals surface area contributed by atoms with Crippen molar-refractivity contribution in [3.63, 3.8) is 0 Å². The number of nitrogens with one attached hydrogen (secondary N) is 1. The molecule has 2 aromatic rings. The summed E-state index contributed by atoms with van der Waals surface area (Å²) < 4.78 is 1.35. The van der Waals surface area contributed by atoms with Crippen LogP contribution >= 0.6 is 11.6 Å². The fourth-order valence-electron chi connectivity index (χ4n) is 3.16. The van der Waals surface area contributed by atoms with E-state index in [2.05, 4.69) is 27.3 Å². The predicted octanol–water partition coefficient (Wildman–Crippen LogP) is 2.70. The molecule has 8 heteroatoms. The molecule has 1 aromatic heterocycles. The minimum atomic E-state index is -0.358. The Morgan fingerprint density at radius 1 is 1.18 bits per heavy atom. The van der Waals surface area contributed by atoms with E-state index in [0.29, 0.717) is 17.3 Å². The second-order valence-electron chi connectivity index (χ2n) is 7.04. The van der Waals surface area contributed by atoms with Crippen molar-refractivity contribution in [3.05, 3.63) is 51.4 Å². The van der Waals surface area contributed by atoms with Crippen molar-refractivity contribution in [2.45, 2.75) is 26.3 Å². The van der Waals surface area contributed by atoms with E-state index in [1.807, 2.05) is 19.1 Å². The Balaban J connectivity index is 1.82. The van der Waals surface area contributed by atoms with Gasteiger partial charge in [0.1, 0.15) is 5.69 Å². The number of aryl methyl sites for hydroxylation is 1. The number of piperazine rings is 1. The second-order valence-corrected chi connectivity index (χ2v) is 7.48. The first-order valence-electron chi connectivity index (χ1n) is 9.60. The van der Waals surface area contributed by atoms with Crippen molar-refractivity contribution in [1.29, 1.82) is 0 Å². The summed E-state index contributed by atoms with van der Waals surface area (Å²) in [5.41, 5.74) is 1.59. The first-order valence-corrected chi connectivity index (χ1v) is 9.98. The van der Waals surface area contributed by atoms with Gasteiger partial charge in [0.25, 0.3) is 11.5 Å². The zero-order chi connectivity index (χ0) is 20.1. The van der Waals surface area contributed by atoms with Crippen LogP contribution in [-0.2, 0) is 6.54 Å². The molecule has 0 atom stereocenters. The number of rotatable bonds is 6. The van der Waals surface area contributed by atoms with Crippen LogP contribution in [0.4, 0.5) is 11.4 Å². The van der Waals surface area contributed by atoms with Crippen LogP contribution in [0.2, 0.25) is 5.02 Å². The molecule has 0 bridgehead atoms. The molecule has 1 aromatic carbocycles. The van der Waals surface area contributed by atoms with E-state index in [-0.39, 0.29) is 17.2 Å². The van der Waals surface area contributed by atoms with E-state index in [1.165, 1.54) is 16.8 Å². The quantitative estimate of drug-likeness (QED) is 0.803. The predicted molar refractivity (Wildman–Crippen MR) is 113 cm³/mol. The van der Waals surface area contributed by atoms with Gasteiger partial charge < -0.3 is 15.1 Å². The van der Waals surface area contributed by atoms with Gasteiger partial charge in [-0.3, -0.25) is 9.59 Å². The van der Waals surface area contributed by atoms with Gasteiger partial charge in [0.15, 0.2) is 0 Å². The lowest BCUT2D eigenvalue weighted by molar-refractivity contribution is 0.101. The van der Waals surface area contributed by atoms with Crippen LogP contribution in [0.1, 0.15) is 30.3 Å². The normalized spacial score (nSPS) is 14.9. The average molecular weight is 404 g/mol. The van der Waals surface area contributed by atoms with E-state index < -0.39 is 0 Å². The molecule has 1 aliphatic heterocycles. The molecule has 1 fully saturated rings. The van der Waals surface area contributed by atoms with Crippen molar-refractivity contribution >= 4 is 28.9 Å². The van der Waals surface area contributed by atoms with Crippen molar-refractivity contribution in [1.82, 2.24) is 14.7 Å². The van der Waals surface area contributed by atoms with Crippen molar-refractivity contribution in [3.8, 4) is 0 Å². The summed E-state index contributed by atoms with van der Waals surface area (Å²) in [6.07, 6.45) is 1.78. The van der Waals surface area contributed by atoms with Crippen LogP contribution in [0.5, 0.6) is 0 Å². The summed E-state index contributed by atoms with van der Waals surface area (Å²) >= 11 is 6.17. The molecular weight excluding hydrogens is 378 g/mol. The van der Waals surface area contributed by atoms with Crippen molar-refractivity contribution < 1.29 is 4.79 Å². The number of benzene rings is 1. The Bertz CT molecular complexity index is 890. The molecule has 1 saturated heterocycles. The number of unbranched alkanes of at least 4 members (excludes halogenated alkanes) is 1. The summed E-state index contributed by atoms with van der Waals surface area (Å²) in [6, 6.07) is 8.35. The van der Waals surface area contributed by atoms with E-state index in [9.17, 15) is 9.59 Å². The van der Waals surface area contributed by atoms with Gasteiger partial charge in [-0.2, -0.15) is 5.10 Å². The molecule has 150 valence electrons. The maximum atomic E-state index is 12.8. The monoisotopic (exact) mass is 403 g/mol. The van der Waals surface area contributed by atoms with Crippen LogP contribution in [0.3, 0.4) is 0 Å². The van der Waals surface area contributed by atoms with Gasteiger partial charge >= 0.3 is 0 Å². The number of carbonyl (C=O) groups excluding carboxylic acids is 1. The molecule has 2 heterocycles. The summed E-state index contributed by atoms with van der Waals surface area (Å²) in [4.78, 5) is 29.2. The number of hydrogen-bond donors (Lipinski definition) is 1. The molecule has 1 aliphatic rings. The number of anilines is 2. The molecule has 28 heavy (non-hydrogen) atoms. The first-order chi connectivity index (χ1) is 13.5. The number of halogens is 1. The number of amides is 1. The third-order valence-electron chi connectivity index (χ3n) is 4.87. The minimum absolute atomic E-state index is 0.203. The topological polar surface area (TPSA) is 70.5 Å². The summed E-state index contributed by atoms with van der Waals surface area (Å²) in [7, 11) is 2.10. The maximum absolute atomic E-state index is 12.8. The fourth-order valence-corrected chi connectivity index (χ4v) is 3.33. The average Bonchev–Trinajstić information content (AvgIpc) is 2.68. The number of carbonyl (C=O) groups is 1. The van der Waals surface area contributed by atoms with Crippen LogP contribution in [0.15, 0.2) is 35.1 Å². The number of aromatic nitrogens is 2. The first kappa shape index (κ1) is 20.4. The molecule has 0 saturated carbocycles. The third-order valence-corrected chi connectivity index (χ3v) is 5.11. The van der Waals surface area contributed by atoms with Gasteiger partial charge in [0.05, 0.1) is 11.4 Å². The highest BCUT2D eigenvalue weighted by molar-refractivity contribution is 6.31. The number of hydrogen-bond acceptors (Lipinski definition) is 5. The molecule has 0 radical (unpaired) electrons. The van der Waals surface area contributed by atoms with Gasteiger partial charge in [0, 0.05) is 43.8 Å². The molecule has 0 aliphatic carbocycles. The summed E-state index contributed by atoms with van der Waals surface area (Å²) in [5.74, 6) is -0.358. The lowest BCUT2D eigenvalue weighted by atomic mass is 10.2. The Labute approximate surface area is 169 Å². The molecular formula is C20H26ClN5O2. The standard InChI is InChI=1S/C20H26ClN5O2/c1-3-4-9-26-19(27)8-6-16(23-26)20(28)22-17-14-15(21)5-7-18(17)25-12-10-24(2)11-13-25/h5-8,14H,3-4,9-13H2,1-2H3,(H,22,28). The highest BCUT2D eigenvalue weighted by Crippen LogP contribution is 2.30. The van der Waals surface area contributed by atoms with Crippen molar-refractivity contribution in [2.24, 2.45) is 0 Å². The zero-order valence-corrected chi connectivity index (χ0v) is 17.1. The number of likely N-dealkylation sites (N-methyl/N-ethyl adjacent to an activating group) is 1. The van der Waals surface area contributed by atoms with Crippen molar-refractivity contribution in [2.75, 3.05) is 43.4 Å². The van der Waals surface area contributed by atoms with Gasteiger partial charge in [-0.15, -0.1) is 0 Å². The highest BCUT2D eigenvalue weighted by Gasteiger charge is 2.19. The smallest absolute Gasteiger partial charge is 0.276 e. The van der Waals surface area contributed by atoms with Gasteiger partial charge in [-0.1, -0.05) is 24.9 Å². The third kappa shape index (κ3) is 4.91. The Morgan fingerprint density at radius 2 is 1.93 bits per heavy atom. The highest BCUT2D eigenvalue weighted by atomic mass is 35.5. The van der Waals surface area contributed by atoms with Crippen LogP contribution in [0.25, 0.3) is 0 Å². The SMILES string of the molecule is CCCCn1nc(C(=O)Nc2cc(Cl)ccc2N2CCN(C)CC2)ccc1=O. The van der Waals surface area contributed by atoms with Crippen LogP contribution in [-0.4, -0.2) is 53.8 Å². The largest absolute Gasteiger partial charge is 0.367 e. The van der Waals surface area contributed by atoms with Crippen LogP contribution in [0, 0.1) is 0 Å². The zero-order valence-electron chi connectivity index (χ0n) is 16.3. The molecule has 0 spiro atoms. The van der Waals surface area contributed by atoms with E-state index in [1.54, 1.807) is 6.07 Å². The summed E-state index contributed by atoms with van der Waals surface area (Å²) in [5, 5.41) is 7.69. The van der Waals surface area contributed by atoms with Gasteiger partial charge in [0.2, 0.25) is 0 Å². The lowest BCUT2D eigenvalue weighted by Gasteiger charge is -2.35.